The second-order valence-electron chi connectivity index (χ2n) is 6.88. The Morgan fingerprint density at radius 3 is 2.56 bits per heavy atom. The minimum atomic E-state index is -0.0968. The van der Waals surface area contributed by atoms with Crippen LogP contribution in [-0.4, -0.2) is 10.9 Å². The topological polar surface area (TPSA) is 49.2 Å². The number of aromatic nitrogens is 1. The molecule has 2 aromatic carbocycles. The maximum atomic E-state index is 12.5. The number of benzene rings is 2. The maximum absolute atomic E-state index is 12.5. The van der Waals surface area contributed by atoms with Crippen LogP contribution in [0.15, 0.2) is 42.5 Å². The number of hydrogen-bond donors (Lipinski definition) is 2. The highest BCUT2D eigenvalue weighted by molar-refractivity contribution is 6.35. The Bertz CT molecular complexity index is 1160. The fourth-order valence-corrected chi connectivity index (χ4v) is 3.61. The second-order valence-corrected chi connectivity index (χ2v) is 6.88. The van der Waals surface area contributed by atoms with Crippen molar-refractivity contribution in [2.45, 2.75) is 20.8 Å². The summed E-state index contributed by atoms with van der Waals surface area (Å²) in [4.78, 5) is 19.4. The predicted octanol–water partition coefficient (Wildman–Crippen LogP) is 5.65. The molecule has 4 rings (SSSR count). The van der Waals surface area contributed by atoms with Gasteiger partial charge < -0.3 is 10.3 Å². The molecule has 0 unspecified atom stereocenters. The number of carbonyl (C=O) groups excluding carboxylic acids is 1. The van der Waals surface area contributed by atoms with Crippen LogP contribution in [0.25, 0.3) is 27.6 Å². The molecule has 0 spiro atoms. The Labute approximate surface area is 158 Å². The monoisotopic (exact) mass is 353 g/mol. The number of hydrogen-bond acceptors (Lipinski definition) is 1. The molecule has 27 heavy (non-hydrogen) atoms. The number of fused-ring (bicyclic) bond motifs is 1. The summed E-state index contributed by atoms with van der Waals surface area (Å²) in [5.41, 5.74) is 9.10. The van der Waals surface area contributed by atoms with Gasteiger partial charge in [-0.3, -0.25) is 4.79 Å². The first-order valence-electron chi connectivity index (χ1n) is 8.79. The van der Waals surface area contributed by atoms with Crippen LogP contribution in [0.2, 0.25) is 0 Å². The number of anilines is 1. The van der Waals surface area contributed by atoms with Crippen molar-refractivity contribution in [1.29, 1.82) is 0 Å². The third kappa shape index (κ3) is 2.84. The summed E-state index contributed by atoms with van der Waals surface area (Å²) in [6.45, 7) is 13.3. The maximum Gasteiger partial charge on any atom is 0.256 e. The number of nitrogens with one attached hydrogen (secondary N) is 2. The Kier molecular flexibility index (Phi) is 3.93. The molecule has 0 aliphatic carbocycles. The molecule has 0 saturated heterocycles. The molecule has 0 fully saturated rings. The Morgan fingerprint density at radius 1 is 1.04 bits per heavy atom. The van der Waals surface area contributed by atoms with Crippen molar-refractivity contribution in [3.05, 3.63) is 82.0 Å². The van der Waals surface area contributed by atoms with Gasteiger partial charge in [-0.15, -0.1) is 0 Å². The number of amides is 1. The molecule has 0 atom stereocenters. The molecule has 3 aromatic rings. The standard InChI is InChI=1S/C23H19N3O/c1-13-10-14(2)25-21(13)12-19-18-9-8-16(11-22(18)26-23(19)27)17-6-5-7-20(24-4)15(17)3/h5-12,25H,1-3H3,(H,26,27)/b19-12-. The van der Waals surface area contributed by atoms with Gasteiger partial charge >= 0.3 is 0 Å². The highest BCUT2D eigenvalue weighted by Gasteiger charge is 2.25. The fraction of sp³-hybridized carbons (Fsp3) is 0.130. The number of rotatable bonds is 2. The molecule has 2 N–H and O–H groups in total. The van der Waals surface area contributed by atoms with Crippen LogP contribution < -0.4 is 5.32 Å². The first-order valence-corrected chi connectivity index (χ1v) is 8.79. The summed E-state index contributed by atoms with van der Waals surface area (Å²) in [6, 6.07) is 13.8. The molecule has 4 heteroatoms. The van der Waals surface area contributed by atoms with E-state index in [0.29, 0.717) is 11.3 Å². The lowest BCUT2D eigenvalue weighted by Gasteiger charge is -2.09. The molecule has 2 heterocycles. The highest BCUT2D eigenvalue weighted by atomic mass is 16.2. The van der Waals surface area contributed by atoms with Gasteiger partial charge in [-0.25, -0.2) is 4.85 Å². The first-order chi connectivity index (χ1) is 13.0. The third-order valence-electron chi connectivity index (χ3n) is 5.02. The summed E-state index contributed by atoms with van der Waals surface area (Å²) in [5, 5.41) is 2.97. The highest BCUT2D eigenvalue weighted by Crippen LogP contribution is 2.38. The van der Waals surface area contributed by atoms with E-state index in [1.54, 1.807) is 0 Å². The lowest BCUT2D eigenvalue weighted by molar-refractivity contribution is -0.110. The number of carbonyl (C=O) groups is 1. The number of H-pyrrole nitrogens is 1. The molecule has 4 nitrogen and oxygen atoms in total. The Balaban J connectivity index is 1.79. The van der Waals surface area contributed by atoms with Gasteiger partial charge in [-0.2, -0.15) is 0 Å². The van der Waals surface area contributed by atoms with Gasteiger partial charge in [0.05, 0.1) is 12.1 Å². The Morgan fingerprint density at radius 2 is 1.85 bits per heavy atom. The fourth-order valence-electron chi connectivity index (χ4n) is 3.61. The molecule has 0 saturated carbocycles. The molecule has 1 aliphatic heterocycles. The third-order valence-corrected chi connectivity index (χ3v) is 5.02. The van der Waals surface area contributed by atoms with E-state index in [2.05, 4.69) is 21.2 Å². The predicted molar refractivity (Wildman–Crippen MR) is 110 cm³/mol. The zero-order valence-corrected chi connectivity index (χ0v) is 15.5. The van der Waals surface area contributed by atoms with Gasteiger partial charge in [0.15, 0.2) is 5.69 Å². The zero-order valence-electron chi connectivity index (χ0n) is 15.5. The number of aromatic amines is 1. The largest absolute Gasteiger partial charge is 0.359 e. The lowest BCUT2D eigenvalue weighted by Crippen LogP contribution is -2.03. The summed E-state index contributed by atoms with van der Waals surface area (Å²) < 4.78 is 0. The van der Waals surface area contributed by atoms with Crippen molar-refractivity contribution in [2.24, 2.45) is 0 Å². The van der Waals surface area contributed by atoms with Crippen LogP contribution >= 0.6 is 0 Å². The van der Waals surface area contributed by atoms with Gasteiger partial charge in [0.25, 0.3) is 5.91 Å². The minimum absolute atomic E-state index is 0.0968. The van der Waals surface area contributed by atoms with Crippen molar-refractivity contribution >= 4 is 28.9 Å². The van der Waals surface area contributed by atoms with Gasteiger partial charge in [-0.05, 0) is 61.2 Å². The van der Waals surface area contributed by atoms with Crippen molar-refractivity contribution < 1.29 is 4.79 Å². The molecular formula is C23H19N3O. The molecule has 1 aromatic heterocycles. The number of nitrogens with zero attached hydrogens (tertiary/aromatic N) is 1. The Hall–Kier alpha value is -3.58. The smallest absolute Gasteiger partial charge is 0.256 e. The van der Waals surface area contributed by atoms with Crippen molar-refractivity contribution in [1.82, 2.24) is 4.98 Å². The van der Waals surface area contributed by atoms with E-state index in [1.807, 2.05) is 63.2 Å². The van der Waals surface area contributed by atoms with Crippen LogP contribution in [-0.2, 0) is 4.79 Å². The van der Waals surface area contributed by atoms with Gasteiger partial charge in [0.1, 0.15) is 0 Å². The van der Waals surface area contributed by atoms with E-state index in [0.717, 1.165) is 44.9 Å². The van der Waals surface area contributed by atoms with Crippen LogP contribution in [0, 0.1) is 27.3 Å². The van der Waals surface area contributed by atoms with Gasteiger partial charge in [0, 0.05) is 22.6 Å². The van der Waals surface area contributed by atoms with Crippen molar-refractivity contribution in [3.8, 4) is 11.1 Å². The summed E-state index contributed by atoms with van der Waals surface area (Å²) >= 11 is 0. The average molecular weight is 353 g/mol. The molecule has 132 valence electrons. The molecule has 0 bridgehead atoms. The lowest BCUT2D eigenvalue weighted by atomic mass is 9.96. The van der Waals surface area contributed by atoms with Gasteiger partial charge in [0.2, 0.25) is 0 Å². The average Bonchev–Trinajstić information content (AvgIpc) is 3.13. The number of aryl methyl sites for hydroxylation is 2. The van der Waals surface area contributed by atoms with E-state index in [9.17, 15) is 4.79 Å². The van der Waals surface area contributed by atoms with Crippen molar-refractivity contribution in [2.75, 3.05) is 5.32 Å². The van der Waals surface area contributed by atoms with E-state index in [4.69, 9.17) is 6.57 Å². The molecular weight excluding hydrogens is 334 g/mol. The van der Waals surface area contributed by atoms with E-state index in [1.165, 1.54) is 0 Å². The van der Waals surface area contributed by atoms with E-state index >= 15 is 0 Å². The van der Waals surface area contributed by atoms with E-state index < -0.39 is 0 Å². The van der Waals surface area contributed by atoms with Crippen LogP contribution in [0.1, 0.15) is 28.1 Å². The quantitative estimate of drug-likeness (QED) is 0.454. The first kappa shape index (κ1) is 16.9. The summed E-state index contributed by atoms with van der Waals surface area (Å²) in [7, 11) is 0. The minimum Gasteiger partial charge on any atom is -0.359 e. The summed E-state index contributed by atoms with van der Waals surface area (Å²) in [6.07, 6.45) is 1.91. The summed E-state index contributed by atoms with van der Waals surface area (Å²) in [5.74, 6) is -0.0968. The normalized spacial score (nSPS) is 14.1. The van der Waals surface area contributed by atoms with Gasteiger partial charge in [-0.1, -0.05) is 30.3 Å². The second kappa shape index (κ2) is 6.30. The SMILES string of the molecule is [C-]#[N+]c1cccc(-c2ccc3c(c2)NC(=O)/C3=C\c2[nH]c(C)cc2C)c1C. The molecule has 0 radical (unpaired) electrons. The molecule has 1 amide bonds. The van der Waals surface area contributed by atoms with Crippen LogP contribution in [0.3, 0.4) is 0 Å². The molecule has 1 aliphatic rings. The van der Waals surface area contributed by atoms with Crippen LogP contribution in [0.5, 0.6) is 0 Å². The van der Waals surface area contributed by atoms with Crippen molar-refractivity contribution in [3.63, 3.8) is 0 Å². The van der Waals surface area contributed by atoms with Crippen LogP contribution in [0.4, 0.5) is 11.4 Å². The van der Waals surface area contributed by atoms with E-state index in [-0.39, 0.29) is 5.91 Å². The zero-order chi connectivity index (χ0) is 19.1.